The van der Waals surface area contributed by atoms with E-state index in [2.05, 4.69) is 4.98 Å². The zero-order valence-corrected chi connectivity index (χ0v) is 17.5. The molecule has 1 fully saturated rings. The molecule has 0 amide bonds. The number of nitrogens with zero attached hydrogens (tertiary/aromatic N) is 3. The van der Waals surface area contributed by atoms with Gasteiger partial charge in [0.25, 0.3) is 5.69 Å². The Balaban J connectivity index is 1.38. The van der Waals surface area contributed by atoms with Crippen LogP contribution < -0.4 is 4.74 Å². The minimum Gasteiger partial charge on any atom is -0.491 e. The molecule has 0 spiro atoms. The van der Waals surface area contributed by atoms with Gasteiger partial charge in [0.15, 0.2) is 5.79 Å². The lowest BCUT2D eigenvalue weighted by atomic mass is 10.0. The van der Waals surface area contributed by atoms with Gasteiger partial charge in [-0.2, -0.15) is 0 Å². The normalized spacial score (nSPS) is 20.6. The summed E-state index contributed by atoms with van der Waals surface area (Å²) in [6, 6.07) is 13.7. The Bertz CT molecular complexity index is 995. The molecule has 0 bridgehead atoms. The van der Waals surface area contributed by atoms with E-state index < -0.39 is 10.7 Å². The Hall–Kier alpha value is -2.94. The van der Waals surface area contributed by atoms with Crippen LogP contribution in [0, 0.1) is 10.1 Å². The van der Waals surface area contributed by atoms with Gasteiger partial charge < -0.3 is 18.8 Å². The Morgan fingerprint density at radius 1 is 1.23 bits per heavy atom. The van der Waals surface area contributed by atoms with Gasteiger partial charge in [0.1, 0.15) is 18.5 Å². The summed E-state index contributed by atoms with van der Waals surface area (Å²) in [6.07, 6.45) is 6.48. The second kappa shape index (κ2) is 9.47. The third-order valence-corrected chi connectivity index (χ3v) is 5.34. The number of nitro groups is 1. The Kier molecular flexibility index (Phi) is 6.50. The summed E-state index contributed by atoms with van der Waals surface area (Å²) in [5.74, 6) is -0.258. The highest BCUT2D eigenvalue weighted by Crippen LogP contribution is 2.31. The number of benzene rings is 2. The van der Waals surface area contributed by atoms with Crippen LogP contribution in [0.4, 0.5) is 5.69 Å². The molecule has 4 rings (SSSR count). The van der Waals surface area contributed by atoms with Crippen molar-refractivity contribution in [2.45, 2.75) is 31.3 Å². The molecule has 2 atom stereocenters. The molecule has 1 saturated heterocycles. The van der Waals surface area contributed by atoms with Crippen molar-refractivity contribution in [3.05, 3.63) is 88.0 Å². The largest absolute Gasteiger partial charge is 0.491 e. The first kappa shape index (κ1) is 21.3. The van der Waals surface area contributed by atoms with Gasteiger partial charge >= 0.3 is 0 Å². The van der Waals surface area contributed by atoms with E-state index in [0.717, 1.165) is 12.0 Å². The fourth-order valence-electron chi connectivity index (χ4n) is 3.49. The summed E-state index contributed by atoms with van der Waals surface area (Å²) in [4.78, 5) is 14.4. The maximum atomic E-state index is 10.8. The molecule has 9 heteroatoms. The standard InChI is InChI=1S/C22H22ClN3O5/c23-18-3-1-17(2-4-18)9-10-22(15-25-12-11-24-16-25)30-14-21(31-22)13-29-20-7-5-19(6-8-20)26(27)28/h1-8,11-12,16,21H,9-10,13-15H2/t21-,22+/m1/s1. The predicted molar refractivity (Wildman–Crippen MR) is 114 cm³/mol. The molecule has 1 aromatic heterocycles. The lowest BCUT2D eigenvalue weighted by Gasteiger charge is -2.28. The minimum atomic E-state index is -0.802. The molecule has 1 aliphatic heterocycles. The van der Waals surface area contributed by atoms with E-state index in [1.54, 1.807) is 24.7 Å². The number of imidazole rings is 1. The van der Waals surface area contributed by atoms with Crippen LogP contribution in [0.2, 0.25) is 5.02 Å². The van der Waals surface area contributed by atoms with Crippen molar-refractivity contribution in [2.24, 2.45) is 0 Å². The maximum absolute atomic E-state index is 10.8. The van der Waals surface area contributed by atoms with E-state index >= 15 is 0 Å². The number of hydrogen-bond acceptors (Lipinski definition) is 6. The van der Waals surface area contributed by atoms with Crippen LogP contribution in [0.5, 0.6) is 5.75 Å². The average molecular weight is 444 g/mol. The molecule has 0 saturated carbocycles. The number of nitro benzene ring substituents is 1. The number of hydrogen-bond donors (Lipinski definition) is 0. The topological polar surface area (TPSA) is 88.7 Å². The molecule has 1 aliphatic rings. The third kappa shape index (κ3) is 5.61. The van der Waals surface area contributed by atoms with Gasteiger partial charge in [0.05, 0.1) is 24.4 Å². The zero-order chi connectivity index (χ0) is 21.7. The van der Waals surface area contributed by atoms with Gasteiger partial charge in [0, 0.05) is 36.0 Å². The first-order chi connectivity index (χ1) is 15.0. The van der Waals surface area contributed by atoms with Crippen molar-refractivity contribution in [1.29, 1.82) is 0 Å². The molecular formula is C22H22ClN3O5. The molecule has 0 unspecified atom stereocenters. The lowest BCUT2D eigenvalue weighted by Crippen LogP contribution is -2.37. The van der Waals surface area contributed by atoms with E-state index in [4.69, 9.17) is 25.8 Å². The Morgan fingerprint density at radius 3 is 2.68 bits per heavy atom. The number of aromatic nitrogens is 2. The number of aryl methyl sites for hydroxylation is 1. The van der Waals surface area contributed by atoms with Gasteiger partial charge in [-0.1, -0.05) is 23.7 Å². The van der Waals surface area contributed by atoms with Crippen LogP contribution in [0.25, 0.3) is 0 Å². The van der Waals surface area contributed by atoms with Crippen molar-refractivity contribution in [1.82, 2.24) is 9.55 Å². The highest BCUT2D eigenvalue weighted by Gasteiger charge is 2.42. The summed E-state index contributed by atoms with van der Waals surface area (Å²) in [6.45, 7) is 1.18. The summed E-state index contributed by atoms with van der Waals surface area (Å²) in [5.41, 5.74) is 1.17. The van der Waals surface area contributed by atoms with Crippen molar-refractivity contribution in [3.63, 3.8) is 0 Å². The van der Waals surface area contributed by atoms with Crippen LogP contribution >= 0.6 is 11.6 Å². The molecule has 2 aromatic carbocycles. The van der Waals surface area contributed by atoms with E-state index in [9.17, 15) is 10.1 Å². The van der Waals surface area contributed by atoms with Crippen LogP contribution in [-0.4, -0.2) is 39.6 Å². The summed E-state index contributed by atoms with van der Waals surface area (Å²) < 4.78 is 20.2. The highest BCUT2D eigenvalue weighted by molar-refractivity contribution is 6.30. The van der Waals surface area contributed by atoms with E-state index in [-0.39, 0.29) is 18.4 Å². The van der Waals surface area contributed by atoms with Crippen molar-refractivity contribution < 1.29 is 19.1 Å². The lowest BCUT2D eigenvalue weighted by molar-refractivity contribution is -0.384. The molecule has 3 aromatic rings. The Labute approximate surface area is 184 Å². The monoisotopic (exact) mass is 443 g/mol. The van der Waals surface area contributed by atoms with Crippen molar-refractivity contribution >= 4 is 17.3 Å². The number of non-ortho nitro benzene ring substituents is 1. The number of halogens is 1. The predicted octanol–water partition coefficient (Wildman–Crippen LogP) is 4.27. The van der Waals surface area contributed by atoms with Crippen LogP contribution in [0.15, 0.2) is 67.3 Å². The highest BCUT2D eigenvalue weighted by atomic mass is 35.5. The second-order valence-corrected chi connectivity index (χ2v) is 7.82. The van der Waals surface area contributed by atoms with Crippen molar-refractivity contribution in [2.75, 3.05) is 13.2 Å². The van der Waals surface area contributed by atoms with Crippen molar-refractivity contribution in [3.8, 4) is 5.75 Å². The van der Waals surface area contributed by atoms with E-state index in [1.807, 2.05) is 35.0 Å². The maximum Gasteiger partial charge on any atom is 0.269 e. The minimum absolute atomic E-state index is 0.0225. The second-order valence-electron chi connectivity index (χ2n) is 7.39. The smallest absolute Gasteiger partial charge is 0.269 e. The summed E-state index contributed by atoms with van der Waals surface area (Å²) >= 11 is 5.98. The van der Waals surface area contributed by atoms with Crippen LogP contribution in [0.3, 0.4) is 0 Å². The van der Waals surface area contributed by atoms with Crippen LogP contribution in [-0.2, 0) is 22.4 Å². The first-order valence-electron chi connectivity index (χ1n) is 9.91. The van der Waals surface area contributed by atoms with E-state index in [0.29, 0.717) is 30.3 Å². The number of rotatable bonds is 9. The molecule has 2 heterocycles. The molecule has 0 N–H and O–H groups in total. The van der Waals surface area contributed by atoms with Gasteiger partial charge in [-0.05, 0) is 36.2 Å². The molecule has 0 radical (unpaired) electrons. The van der Waals surface area contributed by atoms with Gasteiger partial charge in [-0.3, -0.25) is 10.1 Å². The Morgan fingerprint density at radius 2 is 2.00 bits per heavy atom. The molecule has 162 valence electrons. The van der Waals surface area contributed by atoms with Crippen LogP contribution in [0.1, 0.15) is 12.0 Å². The quantitative estimate of drug-likeness (QED) is 0.362. The van der Waals surface area contributed by atoms with Gasteiger partial charge in [0.2, 0.25) is 0 Å². The van der Waals surface area contributed by atoms with Gasteiger partial charge in [-0.25, -0.2) is 4.98 Å². The number of ether oxygens (including phenoxy) is 3. The molecule has 8 nitrogen and oxygen atoms in total. The third-order valence-electron chi connectivity index (χ3n) is 5.09. The fourth-order valence-corrected chi connectivity index (χ4v) is 3.62. The van der Waals surface area contributed by atoms with E-state index in [1.165, 1.54) is 12.1 Å². The molecule has 31 heavy (non-hydrogen) atoms. The summed E-state index contributed by atoms with van der Waals surface area (Å²) in [5, 5.41) is 11.5. The fraction of sp³-hybridized carbons (Fsp3) is 0.318. The first-order valence-corrected chi connectivity index (χ1v) is 10.3. The van der Waals surface area contributed by atoms with Gasteiger partial charge in [-0.15, -0.1) is 0 Å². The average Bonchev–Trinajstić information content (AvgIpc) is 3.43. The zero-order valence-electron chi connectivity index (χ0n) is 16.7. The SMILES string of the molecule is O=[N+]([O-])c1ccc(OC[C@@H]2CO[C@](CCc3ccc(Cl)cc3)(Cn3ccnc3)O2)cc1. The summed E-state index contributed by atoms with van der Waals surface area (Å²) in [7, 11) is 0. The molecular weight excluding hydrogens is 422 g/mol. The molecule has 0 aliphatic carbocycles.